The summed E-state index contributed by atoms with van der Waals surface area (Å²) in [5.41, 5.74) is 6.45. The topological polar surface area (TPSA) is 32.5 Å². The molecule has 1 aliphatic heterocycles. The smallest absolute Gasteiger partial charge is 0.0476 e. The lowest BCUT2D eigenvalue weighted by atomic mass is 9.92. The third kappa shape index (κ3) is 2.89. The van der Waals surface area contributed by atoms with E-state index in [1.807, 2.05) is 0 Å². The summed E-state index contributed by atoms with van der Waals surface area (Å²) in [6, 6.07) is 1.50. The molecule has 3 heteroatoms. The first kappa shape index (κ1) is 14.3. The molecule has 0 aromatic carbocycles. The van der Waals surface area contributed by atoms with Crippen LogP contribution in [0.1, 0.15) is 46.5 Å². The van der Waals surface area contributed by atoms with Crippen LogP contribution >= 0.6 is 0 Å². The van der Waals surface area contributed by atoms with Gasteiger partial charge < -0.3 is 10.6 Å². The fourth-order valence-electron chi connectivity index (χ4n) is 3.45. The third-order valence-corrected chi connectivity index (χ3v) is 4.90. The summed E-state index contributed by atoms with van der Waals surface area (Å²) >= 11 is 0. The van der Waals surface area contributed by atoms with Gasteiger partial charge in [-0.3, -0.25) is 4.90 Å². The largest absolute Gasteiger partial charge is 0.329 e. The van der Waals surface area contributed by atoms with Crippen molar-refractivity contribution in [1.29, 1.82) is 0 Å². The van der Waals surface area contributed by atoms with Crippen LogP contribution in [0.5, 0.6) is 0 Å². The fourth-order valence-corrected chi connectivity index (χ4v) is 3.45. The summed E-state index contributed by atoms with van der Waals surface area (Å²) in [6.45, 7) is 10.2. The maximum atomic E-state index is 6.20. The molecule has 0 amide bonds. The van der Waals surface area contributed by atoms with Crippen molar-refractivity contribution >= 4 is 0 Å². The Bertz CT molecular complexity index is 263. The molecule has 0 bridgehead atoms. The van der Waals surface area contributed by atoms with E-state index < -0.39 is 0 Å². The molecule has 0 aromatic rings. The molecule has 3 nitrogen and oxygen atoms in total. The highest BCUT2D eigenvalue weighted by Gasteiger charge is 2.48. The first-order chi connectivity index (χ1) is 8.48. The highest BCUT2D eigenvalue weighted by atomic mass is 15.3. The number of hydrogen-bond donors (Lipinski definition) is 1. The zero-order valence-corrected chi connectivity index (χ0v) is 12.7. The van der Waals surface area contributed by atoms with Crippen LogP contribution in [-0.2, 0) is 0 Å². The van der Waals surface area contributed by atoms with E-state index in [2.05, 4.69) is 37.6 Å². The number of likely N-dealkylation sites (tertiary alicyclic amines) is 1. The molecule has 2 fully saturated rings. The Morgan fingerprint density at radius 3 is 2.44 bits per heavy atom. The van der Waals surface area contributed by atoms with E-state index in [0.29, 0.717) is 6.04 Å². The van der Waals surface area contributed by atoms with Gasteiger partial charge in [0.1, 0.15) is 0 Å². The molecule has 2 unspecified atom stereocenters. The molecule has 1 saturated carbocycles. The summed E-state index contributed by atoms with van der Waals surface area (Å²) in [5.74, 6) is 0.789. The van der Waals surface area contributed by atoms with Gasteiger partial charge in [-0.1, -0.05) is 13.8 Å². The summed E-state index contributed by atoms with van der Waals surface area (Å²) < 4.78 is 0. The Hall–Kier alpha value is -0.120. The lowest BCUT2D eigenvalue weighted by Gasteiger charge is -2.41. The Morgan fingerprint density at radius 1 is 1.39 bits per heavy atom. The Labute approximate surface area is 113 Å². The summed E-state index contributed by atoms with van der Waals surface area (Å²) in [7, 11) is 2.25. The first-order valence-electron chi connectivity index (χ1n) is 7.65. The average molecular weight is 253 g/mol. The number of hydrogen-bond acceptors (Lipinski definition) is 3. The quantitative estimate of drug-likeness (QED) is 0.785. The summed E-state index contributed by atoms with van der Waals surface area (Å²) in [4.78, 5) is 5.25. The molecule has 1 aliphatic carbocycles. The van der Waals surface area contributed by atoms with Gasteiger partial charge in [-0.15, -0.1) is 0 Å². The van der Waals surface area contributed by atoms with E-state index in [9.17, 15) is 0 Å². The van der Waals surface area contributed by atoms with Gasteiger partial charge in [-0.05, 0) is 52.1 Å². The van der Waals surface area contributed by atoms with Crippen molar-refractivity contribution in [2.45, 2.75) is 64.1 Å². The van der Waals surface area contributed by atoms with Crippen molar-refractivity contribution in [3.63, 3.8) is 0 Å². The van der Waals surface area contributed by atoms with Crippen LogP contribution < -0.4 is 5.73 Å². The second-order valence-electron chi connectivity index (χ2n) is 7.00. The highest BCUT2D eigenvalue weighted by molar-refractivity contribution is 5.06. The van der Waals surface area contributed by atoms with E-state index in [0.717, 1.165) is 25.0 Å². The van der Waals surface area contributed by atoms with Gasteiger partial charge >= 0.3 is 0 Å². The fraction of sp³-hybridized carbons (Fsp3) is 1.00. The maximum Gasteiger partial charge on any atom is 0.0476 e. The van der Waals surface area contributed by atoms with E-state index in [4.69, 9.17) is 5.73 Å². The molecular weight excluding hydrogens is 222 g/mol. The number of rotatable bonds is 6. The highest BCUT2D eigenvalue weighted by Crippen LogP contribution is 2.39. The van der Waals surface area contributed by atoms with Crippen molar-refractivity contribution in [2.24, 2.45) is 11.7 Å². The molecule has 2 N–H and O–H groups in total. The van der Waals surface area contributed by atoms with E-state index >= 15 is 0 Å². The van der Waals surface area contributed by atoms with Crippen molar-refractivity contribution in [3.05, 3.63) is 0 Å². The van der Waals surface area contributed by atoms with Crippen LogP contribution in [0.2, 0.25) is 0 Å². The van der Waals surface area contributed by atoms with Crippen LogP contribution in [0, 0.1) is 5.92 Å². The molecule has 2 atom stereocenters. The van der Waals surface area contributed by atoms with Crippen LogP contribution in [0.3, 0.4) is 0 Å². The second-order valence-corrected chi connectivity index (χ2v) is 7.00. The number of likely N-dealkylation sites (N-methyl/N-ethyl adjacent to an activating group) is 1. The molecule has 2 rings (SSSR count). The van der Waals surface area contributed by atoms with Crippen molar-refractivity contribution in [2.75, 3.05) is 26.7 Å². The average Bonchev–Trinajstić information content (AvgIpc) is 3.08. The van der Waals surface area contributed by atoms with Gasteiger partial charge in [-0.2, -0.15) is 0 Å². The standard InChI is InChI=1S/C15H31N3/c1-12(2)7-8-18(14-5-6-14)15(10-16)9-13(3)17(4)11-15/h12-14H,5-11,16H2,1-4H3. The van der Waals surface area contributed by atoms with Gasteiger partial charge in [0.15, 0.2) is 0 Å². The van der Waals surface area contributed by atoms with Gasteiger partial charge in [0.05, 0.1) is 0 Å². The Kier molecular flexibility index (Phi) is 4.35. The van der Waals surface area contributed by atoms with E-state index in [1.54, 1.807) is 0 Å². The molecule has 1 saturated heterocycles. The van der Waals surface area contributed by atoms with Gasteiger partial charge in [-0.25, -0.2) is 0 Å². The minimum absolute atomic E-state index is 0.254. The zero-order valence-electron chi connectivity index (χ0n) is 12.7. The Balaban J connectivity index is 2.07. The SMILES string of the molecule is CC(C)CCN(C1CC1)C1(CN)CC(C)N(C)C1. The molecule has 0 spiro atoms. The van der Waals surface area contributed by atoms with Crippen molar-refractivity contribution in [3.8, 4) is 0 Å². The van der Waals surface area contributed by atoms with Crippen LogP contribution in [0.25, 0.3) is 0 Å². The van der Waals surface area contributed by atoms with Gasteiger partial charge in [0.25, 0.3) is 0 Å². The normalized spacial score (nSPS) is 33.8. The first-order valence-corrected chi connectivity index (χ1v) is 7.65. The van der Waals surface area contributed by atoms with E-state index in [1.165, 1.54) is 32.2 Å². The molecule has 18 heavy (non-hydrogen) atoms. The van der Waals surface area contributed by atoms with Crippen LogP contribution in [0.4, 0.5) is 0 Å². The minimum Gasteiger partial charge on any atom is -0.329 e. The molecule has 106 valence electrons. The lowest BCUT2D eigenvalue weighted by Crippen LogP contribution is -2.56. The molecule has 1 heterocycles. The van der Waals surface area contributed by atoms with Crippen molar-refractivity contribution in [1.82, 2.24) is 9.80 Å². The number of nitrogens with zero attached hydrogens (tertiary/aromatic N) is 2. The van der Waals surface area contributed by atoms with E-state index in [-0.39, 0.29) is 5.54 Å². The maximum absolute atomic E-state index is 6.20. The minimum atomic E-state index is 0.254. The zero-order chi connectivity index (χ0) is 13.3. The molecule has 0 aromatic heterocycles. The lowest BCUT2D eigenvalue weighted by molar-refractivity contribution is 0.0867. The summed E-state index contributed by atoms with van der Waals surface area (Å²) in [6.07, 6.45) is 5.32. The predicted molar refractivity (Wildman–Crippen MR) is 77.7 cm³/mol. The number of nitrogens with two attached hydrogens (primary N) is 1. The van der Waals surface area contributed by atoms with Crippen molar-refractivity contribution < 1.29 is 0 Å². The third-order valence-electron chi connectivity index (χ3n) is 4.90. The van der Waals surface area contributed by atoms with Gasteiger partial charge in [0.2, 0.25) is 0 Å². The molecule has 0 radical (unpaired) electrons. The van der Waals surface area contributed by atoms with Crippen LogP contribution in [0.15, 0.2) is 0 Å². The molecule has 2 aliphatic rings. The molecular formula is C15H31N3. The van der Waals surface area contributed by atoms with Crippen LogP contribution in [-0.4, -0.2) is 54.1 Å². The predicted octanol–water partition coefficient (Wildman–Crippen LogP) is 1.92. The monoisotopic (exact) mass is 253 g/mol. The summed E-state index contributed by atoms with van der Waals surface area (Å²) in [5, 5.41) is 0. The Morgan fingerprint density at radius 2 is 2.06 bits per heavy atom. The second kappa shape index (κ2) is 5.48. The van der Waals surface area contributed by atoms with Gasteiger partial charge in [0, 0.05) is 30.7 Å².